The molecule has 37 heavy (non-hydrogen) atoms. The Morgan fingerprint density at radius 1 is 0.973 bits per heavy atom. The monoisotopic (exact) mass is 575 g/mol. The van der Waals surface area contributed by atoms with Gasteiger partial charge in [-0.1, -0.05) is 11.6 Å². The first kappa shape index (κ1) is 30.1. The third-order valence-corrected chi connectivity index (χ3v) is 5.41. The van der Waals surface area contributed by atoms with Crippen LogP contribution in [0.15, 0.2) is 12.1 Å². The molecule has 2 fully saturated rings. The Kier molecular flexibility index (Phi) is 11.9. The SMILES string of the molecule is COC(=O)c1cc(Cl)nc(Cl)n1.COC(=O)c1cc(N[C@H]2CCNC2=O)nc(Cl)n1.N[C@H]1CCCC1=O. The van der Waals surface area contributed by atoms with Crippen LogP contribution in [0.25, 0.3) is 0 Å². The maximum absolute atomic E-state index is 11.4. The van der Waals surface area contributed by atoms with Crippen molar-refractivity contribution in [1.82, 2.24) is 25.3 Å². The fraction of sp³-hybridized carbons (Fsp3) is 0.429. The smallest absolute Gasteiger partial charge is 0.356 e. The predicted molar refractivity (Wildman–Crippen MR) is 134 cm³/mol. The highest BCUT2D eigenvalue weighted by Gasteiger charge is 2.25. The van der Waals surface area contributed by atoms with E-state index in [0.29, 0.717) is 25.2 Å². The van der Waals surface area contributed by atoms with Crippen LogP contribution in [0.2, 0.25) is 15.7 Å². The number of esters is 2. The minimum Gasteiger partial charge on any atom is -0.464 e. The molecule has 3 heterocycles. The van der Waals surface area contributed by atoms with Gasteiger partial charge in [-0.3, -0.25) is 9.59 Å². The number of Topliss-reactive ketones (excluding diaryl/α,β-unsaturated/α-hetero) is 1. The quantitative estimate of drug-likeness (QED) is 0.272. The van der Waals surface area contributed by atoms with Crippen LogP contribution in [-0.4, -0.2) is 76.4 Å². The summed E-state index contributed by atoms with van der Waals surface area (Å²) in [5.41, 5.74) is 5.41. The number of methoxy groups -OCH3 is 2. The molecule has 0 spiro atoms. The van der Waals surface area contributed by atoms with Crippen molar-refractivity contribution in [3.05, 3.63) is 39.2 Å². The fourth-order valence-corrected chi connectivity index (χ4v) is 3.64. The summed E-state index contributed by atoms with van der Waals surface area (Å²) in [5.74, 6) is -0.763. The van der Waals surface area contributed by atoms with Crippen molar-refractivity contribution >= 4 is 64.2 Å². The Hall–Kier alpha value is -3.13. The van der Waals surface area contributed by atoms with Gasteiger partial charge in [0.1, 0.15) is 22.8 Å². The van der Waals surface area contributed by atoms with Gasteiger partial charge in [0.25, 0.3) is 0 Å². The largest absolute Gasteiger partial charge is 0.464 e. The van der Waals surface area contributed by atoms with Crippen molar-refractivity contribution in [1.29, 1.82) is 0 Å². The molecule has 2 aliphatic rings. The second-order valence-corrected chi connectivity index (χ2v) is 8.54. The zero-order valence-corrected chi connectivity index (χ0v) is 22.1. The second-order valence-electron chi connectivity index (χ2n) is 7.48. The van der Waals surface area contributed by atoms with E-state index in [0.717, 1.165) is 12.8 Å². The molecule has 200 valence electrons. The number of anilines is 1. The molecule has 1 amide bonds. The molecule has 0 unspecified atom stereocenters. The summed E-state index contributed by atoms with van der Waals surface area (Å²) < 4.78 is 8.94. The number of nitrogens with two attached hydrogens (primary N) is 1. The number of hydrogen-bond donors (Lipinski definition) is 3. The Labute approximate surface area is 226 Å². The van der Waals surface area contributed by atoms with Gasteiger partial charge in [-0.15, -0.1) is 0 Å². The summed E-state index contributed by atoms with van der Waals surface area (Å²) in [6.45, 7) is 0.610. The Bertz CT molecular complexity index is 1130. The van der Waals surface area contributed by atoms with Crippen LogP contribution in [0.1, 0.15) is 46.7 Å². The fourth-order valence-electron chi connectivity index (χ4n) is 3.05. The van der Waals surface area contributed by atoms with Crippen molar-refractivity contribution in [2.24, 2.45) is 5.73 Å². The van der Waals surface area contributed by atoms with Crippen molar-refractivity contribution in [3.8, 4) is 0 Å². The zero-order valence-electron chi connectivity index (χ0n) is 19.8. The van der Waals surface area contributed by atoms with Gasteiger partial charge in [0.05, 0.1) is 20.3 Å². The summed E-state index contributed by atoms with van der Waals surface area (Å²) in [5, 5.41) is 5.52. The van der Waals surface area contributed by atoms with Gasteiger partial charge < -0.3 is 25.8 Å². The lowest BCUT2D eigenvalue weighted by Crippen LogP contribution is -2.30. The Balaban J connectivity index is 0.000000217. The number of hydrogen-bond acceptors (Lipinski definition) is 12. The number of carbonyl (C=O) groups excluding carboxylic acids is 4. The van der Waals surface area contributed by atoms with E-state index in [2.05, 4.69) is 40.0 Å². The summed E-state index contributed by atoms with van der Waals surface area (Å²) in [7, 11) is 2.49. The normalized spacial score (nSPS) is 18.0. The second kappa shape index (κ2) is 14.6. The molecule has 1 saturated carbocycles. The average molecular weight is 577 g/mol. The first-order valence-corrected chi connectivity index (χ1v) is 11.9. The summed E-state index contributed by atoms with van der Waals surface area (Å²) in [6.07, 6.45) is 3.26. The van der Waals surface area contributed by atoms with Crippen molar-refractivity contribution in [3.63, 3.8) is 0 Å². The molecule has 4 N–H and O–H groups in total. The predicted octanol–water partition coefficient (Wildman–Crippen LogP) is 1.85. The van der Waals surface area contributed by atoms with E-state index >= 15 is 0 Å². The number of nitrogens with zero attached hydrogens (tertiary/aromatic N) is 4. The molecule has 13 nitrogen and oxygen atoms in total. The number of ketones is 1. The topological polar surface area (TPSA) is 188 Å². The number of ether oxygens (including phenoxy) is 2. The van der Waals surface area contributed by atoms with Crippen LogP contribution in [0.5, 0.6) is 0 Å². The molecule has 2 aromatic heterocycles. The summed E-state index contributed by atoms with van der Waals surface area (Å²) in [6, 6.07) is 2.17. The number of carbonyl (C=O) groups is 4. The van der Waals surface area contributed by atoms with Crippen LogP contribution in [0, 0.1) is 0 Å². The number of amides is 1. The molecule has 1 aliphatic heterocycles. The molecular formula is C21H24Cl3N7O6. The lowest BCUT2D eigenvalue weighted by molar-refractivity contribution is -0.120. The molecular weight excluding hydrogens is 553 g/mol. The number of rotatable bonds is 4. The van der Waals surface area contributed by atoms with E-state index in [4.69, 9.17) is 40.5 Å². The van der Waals surface area contributed by atoms with Gasteiger partial charge in [-0.05, 0) is 42.5 Å². The molecule has 1 saturated heterocycles. The highest BCUT2D eigenvalue weighted by molar-refractivity contribution is 6.32. The Morgan fingerprint density at radius 2 is 1.57 bits per heavy atom. The third kappa shape index (κ3) is 9.69. The zero-order chi connectivity index (χ0) is 27.5. The lowest BCUT2D eigenvalue weighted by Gasteiger charge is -2.11. The number of halogens is 3. The van der Waals surface area contributed by atoms with Gasteiger partial charge in [0, 0.05) is 25.1 Å². The van der Waals surface area contributed by atoms with Crippen molar-refractivity contribution in [2.75, 3.05) is 26.1 Å². The van der Waals surface area contributed by atoms with Crippen molar-refractivity contribution in [2.45, 2.75) is 37.8 Å². The van der Waals surface area contributed by atoms with E-state index in [9.17, 15) is 19.2 Å². The lowest BCUT2D eigenvalue weighted by atomic mass is 10.2. The molecule has 0 aromatic carbocycles. The van der Waals surface area contributed by atoms with E-state index in [1.54, 1.807) is 0 Å². The maximum Gasteiger partial charge on any atom is 0.356 e. The highest BCUT2D eigenvalue weighted by atomic mass is 35.5. The molecule has 1 aliphatic carbocycles. The average Bonchev–Trinajstić information content (AvgIpc) is 3.44. The first-order chi connectivity index (χ1) is 17.5. The van der Waals surface area contributed by atoms with Gasteiger partial charge in [-0.2, -0.15) is 0 Å². The maximum atomic E-state index is 11.4. The molecule has 4 rings (SSSR count). The van der Waals surface area contributed by atoms with Crippen molar-refractivity contribution < 1.29 is 28.7 Å². The molecule has 0 radical (unpaired) electrons. The minimum atomic E-state index is -0.613. The summed E-state index contributed by atoms with van der Waals surface area (Å²) >= 11 is 16.6. The van der Waals surface area contributed by atoms with Crippen LogP contribution < -0.4 is 16.4 Å². The van der Waals surface area contributed by atoms with Crippen LogP contribution in [-0.2, 0) is 19.1 Å². The van der Waals surface area contributed by atoms with Crippen LogP contribution in [0.4, 0.5) is 5.82 Å². The Morgan fingerprint density at radius 3 is 2.00 bits per heavy atom. The van der Waals surface area contributed by atoms with Gasteiger partial charge in [0.2, 0.25) is 16.5 Å². The van der Waals surface area contributed by atoms with E-state index in [1.165, 1.54) is 26.4 Å². The van der Waals surface area contributed by atoms with Crippen LogP contribution in [0.3, 0.4) is 0 Å². The highest BCUT2D eigenvalue weighted by Crippen LogP contribution is 2.15. The molecule has 2 aromatic rings. The third-order valence-electron chi connectivity index (χ3n) is 4.88. The minimum absolute atomic E-state index is 0.0402. The standard InChI is InChI=1S/C10H11ClN4O3.C6H4Cl2N2O2.C5H9NO/c1-18-9(17)6-4-7(15-10(11)14-6)13-5-2-3-12-8(5)16;1-12-5(11)3-2-4(7)10-6(8)9-3;6-4-2-1-3-5(4)7/h4-5H,2-3H2,1H3,(H,12,16)(H,13,14,15);2H,1H3;4H,1-3,6H2/t5-;;4-/m0.0/s1. The molecule has 16 heteroatoms. The van der Waals surface area contributed by atoms with E-state index in [1.807, 2.05) is 0 Å². The van der Waals surface area contributed by atoms with E-state index < -0.39 is 11.9 Å². The van der Waals surface area contributed by atoms with Gasteiger partial charge in [-0.25, -0.2) is 29.5 Å². The van der Waals surface area contributed by atoms with Gasteiger partial charge in [0.15, 0.2) is 11.4 Å². The number of aromatic nitrogens is 4. The molecule has 2 atom stereocenters. The van der Waals surface area contributed by atoms with Crippen LogP contribution >= 0.6 is 34.8 Å². The van der Waals surface area contributed by atoms with E-state index in [-0.39, 0.29) is 50.9 Å². The summed E-state index contributed by atoms with van der Waals surface area (Å²) in [4.78, 5) is 58.9. The van der Waals surface area contributed by atoms with Gasteiger partial charge >= 0.3 is 11.9 Å². The first-order valence-electron chi connectivity index (χ1n) is 10.8. The number of nitrogens with one attached hydrogen (secondary N) is 2. The molecule has 0 bridgehead atoms.